The molecule has 1 aromatic heterocycles. The zero-order valence-corrected chi connectivity index (χ0v) is 12.2. The number of halogens is 1. The minimum absolute atomic E-state index is 0.0629. The fraction of sp³-hybridized carbons (Fsp3) is 0.133. The number of carbonyl (C=O) groups excluding carboxylic acids is 1. The summed E-state index contributed by atoms with van der Waals surface area (Å²) in [7, 11) is 0. The van der Waals surface area contributed by atoms with Gasteiger partial charge in [0.1, 0.15) is 16.7 Å². The largest absolute Gasteiger partial charge is 0.505 e. The van der Waals surface area contributed by atoms with Gasteiger partial charge < -0.3 is 10.2 Å². The third-order valence-electron chi connectivity index (χ3n) is 3.26. The standard InChI is InChI=1S/C15H12ClN3O3/c16-11-1-2-12-13(7-11)18-19(17-12)14-6-9(3-4-20)5-10(8-21)15(14)22/h1-2,5-8,20,22H,3-4H2. The van der Waals surface area contributed by atoms with E-state index in [0.717, 1.165) is 0 Å². The molecule has 0 spiro atoms. The number of aldehydes is 1. The van der Waals surface area contributed by atoms with Crippen LogP contribution in [0.4, 0.5) is 0 Å². The van der Waals surface area contributed by atoms with Gasteiger partial charge in [0, 0.05) is 11.6 Å². The van der Waals surface area contributed by atoms with Crippen molar-refractivity contribution < 1.29 is 15.0 Å². The van der Waals surface area contributed by atoms with E-state index in [9.17, 15) is 9.90 Å². The van der Waals surface area contributed by atoms with Gasteiger partial charge in [-0.3, -0.25) is 4.79 Å². The van der Waals surface area contributed by atoms with Crippen LogP contribution in [0.15, 0.2) is 30.3 Å². The first-order valence-electron chi connectivity index (χ1n) is 6.57. The van der Waals surface area contributed by atoms with Crippen LogP contribution in [0, 0.1) is 0 Å². The van der Waals surface area contributed by atoms with Gasteiger partial charge >= 0.3 is 0 Å². The molecule has 3 rings (SSSR count). The van der Waals surface area contributed by atoms with Gasteiger partial charge in [-0.25, -0.2) is 0 Å². The van der Waals surface area contributed by atoms with Crippen LogP contribution >= 0.6 is 11.6 Å². The van der Waals surface area contributed by atoms with Crippen LogP contribution in [0.1, 0.15) is 15.9 Å². The Bertz CT molecular complexity index is 861. The van der Waals surface area contributed by atoms with Crippen LogP contribution in [0.5, 0.6) is 5.75 Å². The Hall–Kier alpha value is -2.44. The molecule has 0 unspecified atom stereocenters. The molecule has 0 atom stereocenters. The average Bonchev–Trinajstić information content (AvgIpc) is 2.91. The molecule has 2 N–H and O–H groups in total. The van der Waals surface area contributed by atoms with Gasteiger partial charge in [0.2, 0.25) is 0 Å². The Balaban J connectivity index is 2.19. The number of phenols is 1. The lowest BCUT2D eigenvalue weighted by atomic mass is 10.1. The van der Waals surface area contributed by atoms with Gasteiger partial charge in [0.05, 0.1) is 5.56 Å². The molecule has 0 aliphatic carbocycles. The number of hydrogen-bond acceptors (Lipinski definition) is 5. The van der Waals surface area contributed by atoms with Crippen LogP contribution in [0.25, 0.3) is 16.7 Å². The van der Waals surface area contributed by atoms with Crippen molar-refractivity contribution in [1.29, 1.82) is 0 Å². The fourth-order valence-electron chi connectivity index (χ4n) is 2.21. The monoisotopic (exact) mass is 317 g/mol. The maximum absolute atomic E-state index is 11.1. The van der Waals surface area contributed by atoms with E-state index in [0.29, 0.717) is 34.3 Å². The number of aromatic nitrogens is 3. The molecule has 0 bridgehead atoms. The van der Waals surface area contributed by atoms with E-state index in [-0.39, 0.29) is 23.6 Å². The molecule has 0 aliphatic heterocycles. The lowest BCUT2D eigenvalue weighted by Gasteiger charge is -2.08. The van der Waals surface area contributed by atoms with Crippen molar-refractivity contribution in [3.05, 3.63) is 46.5 Å². The summed E-state index contributed by atoms with van der Waals surface area (Å²) in [6.45, 7) is -0.0629. The van der Waals surface area contributed by atoms with Crippen molar-refractivity contribution in [2.24, 2.45) is 0 Å². The maximum Gasteiger partial charge on any atom is 0.153 e. The van der Waals surface area contributed by atoms with Crippen LogP contribution in [0.2, 0.25) is 5.02 Å². The highest BCUT2D eigenvalue weighted by atomic mass is 35.5. The van der Waals surface area contributed by atoms with Gasteiger partial charge in [-0.1, -0.05) is 11.6 Å². The molecule has 22 heavy (non-hydrogen) atoms. The van der Waals surface area contributed by atoms with Crippen molar-refractivity contribution in [2.75, 3.05) is 6.61 Å². The van der Waals surface area contributed by atoms with Gasteiger partial charge in [0.25, 0.3) is 0 Å². The summed E-state index contributed by atoms with van der Waals surface area (Å²) in [5.41, 5.74) is 2.30. The van der Waals surface area contributed by atoms with E-state index in [4.69, 9.17) is 16.7 Å². The van der Waals surface area contributed by atoms with E-state index < -0.39 is 0 Å². The lowest BCUT2D eigenvalue weighted by Crippen LogP contribution is -2.03. The summed E-state index contributed by atoms with van der Waals surface area (Å²) in [4.78, 5) is 12.3. The molecule has 2 aromatic carbocycles. The molecule has 7 heteroatoms. The van der Waals surface area contributed by atoms with Crippen molar-refractivity contribution >= 4 is 28.9 Å². The first kappa shape index (κ1) is 14.5. The quantitative estimate of drug-likeness (QED) is 0.720. The zero-order chi connectivity index (χ0) is 15.7. The van der Waals surface area contributed by atoms with E-state index in [1.54, 1.807) is 24.3 Å². The highest BCUT2D eigenvalue weighted by molar-refractivity contribution is 6.31. The Morgan fingerprint density at radius 2 is 1.95 bits per heavy atom. The minimum Gasteiger partial charge on any atom is -0.505 e. The fourth-order valence-corrected chi connectivity index (χ4v) is 2.38. The molecule has 3 aromatic rings. The van der Waals surface area contributed by atoms with Crippen molar-refractivity contribution in [1.82, 2.24) is 15.0 Å². The van der Waals surface area contributed by atoms with Crippen LogP contribution in [-0.2, 0) is 6.42 Å². The molecule has 0 fully saturated rings. The molecule has 0 amide bonds. The molecular weight excluding hydrogens is 306 g/mol. The molecule has 0 saturated carbocycles. The first-order valence-corrected chi connectivity index (χ1v) is 6.95. The van der Waals surface area contributed by atoms with Crippen LogP contribution in [0.3, 0.4) is 0 Å². The molecular formula is C15H12ClN3O3. The van der Waals surface area contributed by atoms with E-state index >= 15 is 0 Å². The molecule has 1 heterocycles. The van der Waals surface area contributed by atoms with Crippen molar-refractivity contribution in [3.8, 4) is 11.4 Å². The summed E-state index contributed by atoms with van der Waals surface area (Å²) in [6.07, 6.45) is 0.917. The summed E-state index contributed by atoms with van der Waals surface area (Å²) >= 11 is 5.92. The lowest BCUT2D eigenvalue weighted by molar-refractivity contribution is 0.112. The number of aliphatic hydroxyl groups is 1. The van der Waals surface area contributed by atoms with Crippen molar-refractivity contribution in [3.63, 3.8) is 0 Å². The Morgan fingerprint density at radius 3 is 2.68 bits per heavy atom. The third-order valence-corrected chi connectivity index (χ3v) is 3.50. The first-order chi connectivity index (χ1) is 10.6. The second-order valence-electron chi connectivity index (χ2n) is 4.77. The smallest absolute Gasteiger partial charge is 0.153 e. The van der Waals surface area contributed by atoms with Gasteiger partial charge in [-0.2, -0.15) is 0 Å². The predicted octanol–water partition coefficient (Wildman–Crippen LogP) is 2.13. The summed E-state index contributed by atoms with van der Waals surface area (Å²) in [5, 5.41) is 28.3. The predicted molar refractivity (Wildman–Crippen MR) is 81.7 cm³/mol. The average molecular weight is 318 g/mol. The number of carbonyl (C=O) groups is 1. The third kappa shape index (κ3) is 2.54. The number of aromatic hydroxyl groups is 1. The Kier molecular flexibility index (Phi) is 3.79. The van der Waals surface area contributed by atoms with E-state index in [2.05, 4.69) is 10.2 Å². The highest BCUT2D eigenvalue weighted by Gasteiger charge is 2.14. The number of aliphatic hydroxyl groups excluding tert-OH is 1. The van der Waals surface area contributed by atoms with E-state index in [1.165, 1.54) is 10.9 Å². The normalized spacial score (nSPS) is 11.0. The molecule has 0 saturated heterocycles. The van der Waals surface area contributed by atoms with Gasteiger partial charge in [-0.05, 0) is 42.3 Å². The summed E-state index contributed by atoms with van der Waals surface area (Å²) < 4.78 is 0. The van der Waals surface area contributed by atoms with Crippen LogP contribution in [-0.4, -0.2) is 38.1 Å². The van der Waals surface area contributed by atoms with Gasteiger partial charge in [-0.15, -0.1) is 15.0 Å². The summed E-state index contributed by atoms with van der Waals surface area (Å²) in [5.74, 6) is -0.205. The number of phenolic OH excluding ortho intramolecular Hbond substituents is 1. The SMILES string of the molecule is O=Cc1cc(CCO)cc(-n2nc3ccc(Cl)cc3n2)c1O. The second-order valence-corrected chi connectivity index (χ2v) is 5.20. The maximum atomic E-state index is 11.1. The highest BCUT2D eigenvalue weighted by Crippen LogP contribution is 2.27. The van der Waals surface area contributed by atoms with Crippen LogP contribution < -0.4 is 0 Å². The topological polar surface area (TPSA) is 88.2 Å². The molecule has 0 aliphatic rings. The number of hydrogen-bond donors (Lipinski definition) is 2. The Labute approximate surface area is 130 Å². The van der Waals surface area contributed by atoms with Gasteiger partial charge in [0.15, 0.2) is 12.0 Å². The number of nitrogens with zero attached hydrogens (tertiary/aromatic N) is 3. The number of fused-ring (bicyclic) bond motifs is 1. The molecule has 6 nitrogen and oxygen atoms in total. The zero-order valence-electron chi connectivity index (χ0n) is 11.4. The minimum atomic E-state index is -0.205. The second kappa shape index (κ2) is 5.75. The molecule has 112 valence electrons. The number of benzene rings is 2. The van der Waals surface area contributed by atoms with E-state index in [1.807, 2.05) is 0 Å². The summed E-state index contributed by atoms with van der Waals surface area (Å²) in [6, 6.07) is 8.25. The Morgan fingerprint density at radius 1 is 1.18 bits per heavy atom. The molecule has 0 radical (unpaired) electrons. The number of rotatable bonds is 4. The van der Waals surface area contributed by atoms with Crippen molar-refractivity contribution in [2.45, 2.75) is 6.42 Å².